The minimum absolute atomic E-state index is 0.129. The van der Waals surface area contributed by atoms with Gasteiger partial charge >= 0.3 is 11.9 Å². The lowest BCUT2D eigenvalue weighted by atomic mass is 10.2. The van der Waals surface area contributed by atoms with Crippen molar-refractivity contribution < 1.29 is 49.1 Å². The molecule has 0 aliphatic rings. The molecule has 0 saturated heterocycles. The summed E-state index contributed by atoms with van der Waals surface area (Å²) in [5.74, 6) is -0.622. The Balaban J connectivity index is 0.000000824. The van der Waals surface area contributed by atoms with E-state index in [4.69, 9.17) is 19.7 Å². The van der Waals surface area contributed by atoms with E-state index in [1.54, 1.807) is 25.2 Å². The van der Waals surface area contributed by atoms with Gasteiger partial charge in [0.2, 0.25) is 0 Å². The Hall–Kier alpha value is -4.93. The van der Waals surface area contributed by atoms with Crippen LogP contribution < -0.4 is 14.8 Å². The second kappa shape index (κ2) is 17.5. The van der Waals surface area contributed by atoms with Crippen LogP contribution in [0.15, 0.2) is 36.4 Å². The third-order valence-electron chi connectivity index (χ3n) is 4.73. The molecule has 1 aromatic heterocycles. The minimum Gasteiger partial charge on any atom is -0.493 e. The van der Waals surface area contributed by atoms with E-state index >= 15 is 0 Å². The molecular formula is C22H29N5O12. The van der Waals surface area contributed by atoms with Gasteiger partial charge in [-0.1, -0.05) is 0 Å². The summed E-state index contributed by atoms with van der Waals surface area (Å²) >= 11 is 0. The molecule has 0 radical (unpaired) electrons. The molecule has 0 saturated carbocycles. The molecule has 17 heteroatoms. The van der Waals surface area contributed by atoms with Crippen LogP contribution in [-0.4, -0.2) is 95.8 Å². The number of aromatic nitrogens is 1. The Labute approximate surface area is 221 Å². The number of hydrogen-bond acceptors (Lipinski definition) is 13. The summed E-state index contributed by atoms with van der Waals surface area (Å²) in [5.41, 5.74) is 0.748. The summed E-state index contributed by atoms with van der Waals surface area (Å²) in [6.45, 7) is 1.35. The molecule has 0 spiro atoms. The van der Waals surface area contributed by atoms with E-state index in [2.05, 4.69) is 20.0 Å². The van der Waals surface area contributed by atoms with Crippen LogP contribution in [0.3, 0.4) is 0 Å². The predicted octanol–water partition coefficient (Wildman–Crippen LogP) is 1.48. The first kappa shape index (κ1) is 32.1. The van der Waals surface area contributed by atoms with Gasteiger partial charge in [-0.3, -0.25) is 4.90 Å². The molecule has 3 N–H and O–H groups in total. The van der Waals surface area contributed by atoms with Gasteiger partial charge in [0, 0.05) is 43.2 Å². The highest BCUT2D eigenvalue weighted by molar-refractivity contribution is 5.89. The van der Waals surface area contributed by atoms with Crippen LogP contribution in [0.25, 0.3) is 10.9 Å². The van der Waals surface area contributed by atoms with Gasteiger partial charge in [0.1, 0.15) is 19.0 Å². The van der Waals surface area contributed by atoms with E-state index < -0.39 is 22.1 Å². The molecule has 39 heavy (non-hydrogen) atoms. The van der Waals surface area contributed by atoms with Gasteiger partial charge in [0.25, 0.3) is 10.2 Å². The van der Waals surface area contributed by atoms with E-state index in [-0.39, 0.29) is 26.3 Å². The molecule has 0 atom stereocenters. The molecule has 0 amide bonds. The van der Waals surface area contributed by atoms with E-state index in [1.807, 2.05) is 18.2 Å². The number of nitrogens with zero attached hydrogens (tertiary/aromatic N) is 4. The molecule has 17 nitrogen and oxygen atoms in total. The van der Waals surface area contributed by atoms with Crippen LogP contribution in [-0.2, 0) is 19.3 Å². The zero-order valence-corrected chi connectivity index (χ0v) is 21.2. The van der Waals surface area contributed by atoms with E-state index in [9.17, 15) is 29.8 Å². The zero-order chi connectivity index (χ0) is 29.2. The number of aliphatic carboxylic acids is 2. The lowest BCUT2D eigenvalue weighted by Gasteiger charge is -2.21. The third-order valence-corrected chi connectivity index (χ3v) is 4.73. The van der Waals surface area contributed by atoms with Crippen molar-refractivity contribution in [2.45, 2.75) is 6.42 Å². The predicted molar refractivity (Wildman–Crippen MR) is 135 cm³/mol. The molecule has 0 aliphatic heterocycles. The van der Waals surface area contributed by atoms with Crippen molar-refractivity contribution in [3.8, 4) is 11.5 Å². The summed E-state index contributed by atoms with van der Waals surface area (Å²) in [4.78, 5) is 54.7. The van der Waals surface area contributed by atoms with Crippen LogP contribution in [0, 0.1) is 20.2 Å². The number of anilines is 1. The second-order valence-corrected chi connectivity index (χ2v) is 7.34. The van der Waals surface area contributed by atoms with Crippen molar-refractivity contribution in [1.29, 1.82) is 0 Å². The van der Waals surface area contributed by atoms with Gasteiger partial charge in [-0.25, -0.2) is 14.6 Å². The Kier molecular flexibility index (Phi) is 14.4. The summed E-state index contributed by atoms with van der Waals surface area (Å²) in [6, 6.07) is 7.42. The van der Waals surface area contributed by atoms with Gasteiger partial charge in [0.05, 0.1) is 19.7 Å². The standard InChI is InChI=1S/C18H25N5O8.C4H4O4/c1-28-16-12-14-4-5-18(20-15(14)13-17(16)29-2)19-6-3-7-21(8-10-30-22(24)25)9-11-31-23(26)27;5-3(6)1-2-4(7)8/h4-5,12-13H,3,6-11H2,1-2H3,(H,19,20);1-2H,(H,5,6)(H,7,8)/b;2-1+. The Morgan fingerprint density at radius 1 is 0.949 bits per heavy atom. The number of carbonyl (C=O) groups is 2. The highest BCUT2D eigenvalue weighted by Gasteiger charge is 2.09. The highest BCUT2D eigenvalue weighted by Crippen LogP contribution is 2.31. The molecule has 1 aromatic carbocycles. The number of nitrogens with one attached hydrogen (secondary N) is 1. The van der Waals surface area contributed by atoms with Gasteiger partial charge in [-0.15, -0.1) is 20.2 Å². The fraction of sp³-hybridized carbons (Fsp3) is 0.409. The number of rotatable bonds is 17. The molecule has 214 valence electrons. The second-order valence-electron chi connectivity index (χ2n) is 7.34. The van der Waals surface area contributed by atoms with Crippen molar-refractivity contribution in [2.75, 3.05) is 58.9 Å². The monoisotopic (exact) mass is 555 g/mol. The van der Waals surface area contributed by atoms with Crippen LogP contribution in [0.5, 0.6) is 11.5 Å². The molecule has 0 fully saturated rings. The van der Waals surface area contributed by atoms with Crippen molar-refractivity contribution in [3.63, 3.8) is 0 Å². The summed E-state index contributed by atoms with van der Waals surface area (Å²) in [6.07, 6.45) is 1.78. The Bertz CT molecular complexity index is 1110. The molecule has 2 rings (SSSR count). The van der Waals surface area contributed by atoms with Crippen molar-refractivity contribution in [3.05, 3.63) is 56.6 Å². The van der Waals surface area contributed by atoms with Crippen LogP contribution in [0.1, 0.15) is 6.42 Å². The number of carboxylic acids is 2. The number of ether oxygens (including phenoxy) is 2. The quantitative estimate of drug-likeness (QED) is 0.109. The van der Waals surface area contributed by atoms with E-state index in [0.29, 0.717) is 49.0 Å². The molecule has 0 unspecified atom stereocenters. The maximum atomic E-state index is 10.3. The van der Waals surface area contributed by atoms with Crippen molar-refractivity contribution in [1.82, 2.24) is 9.88 Å². The number of carboxylic acid groups (broad SMARTS) is 2. The van der Waals surface area contributed by atoms with Gasteiger partial charge in [0.15, 0.2) is 11.5 Å². The van der Waals surface area contributed by atoms with Gasteiger partial charge in [-0.2, -0.15) is 0 Å². The number of fused-ring (bicyclic) bond motifs is 1. The van der Waals surface area contributed by atoms with Crippen molar-refractivity contribution in [2.24, 2.45) is 0 Å². The first-order valence-corrected chi connectivity index (χ1v) is 11.2. The normalized spacial score (nSPS) is 10.4. The summed E-state index contributed by atoms with van der Waals surface area (Å²) in [7, 11) is 3.13. The molecule has 0 bridgehead atoms. The van der Waals surface area contributed by atoms with E-state index in [0.717, 1.165) is 10.9 Å². The number of pyridine rings is 1. The highest BCUT2D eigenvalue weighted by atomic mass is 17.0. The topological polar surface area (TPSA) is 226 Å². The zero-order valence-electron chi connectivity index (χ0n) is 21.2. The maximum absolute atomic E-state index is 10.3. The molecule has 0 aliphatic carbocycles. The number of hydrogen-bond donors (Lipinski definition) is 3. The molecular weight excluding hydrogens is 526 g/mol. The van der Waals surface area contributed by atoms with Gasteiger partial charge in [-0.05, 0) is 31.2 Å². The molecule has 2 aromatic rings. The SMILES string of the molecule is COc1cc2ccc(NCCCN(CCO[N+](=O)[O-])CCO[N+](=O)[O-])nc2cc1OC.O=C(O)/C=C/C(=O)O. The largest absolute Gasteiger partial charge is 0.493 e. The van der Waals surface area contributed by atoms with Crippen molar-refractivity contribution >= 4 is 28.7 Å². The minimum atomic E-state index is -1.26. The van der Waals surface area contributed by atoms with Gasteiger partial charge < -0.3 is 34.7 Å². The average molecular weight is 555 g/mol. The lowest BCUT2D eigenvalue weighted by Crippen LogP contribution is -2.33. The first-order valence-electron chi connectivity index (χ1n) is 11.2. The van der Waals surface area contributed by atoms with Crippen LogP contribution >= 0.6 is 0 Å². The summed E-state index contributed by atoms with van der Waals surface area (Å²) in [5, 5.41) is 38.6. The molecule has 1 heterocycles. The first-order chi connectivity index (χ1) is 18.5. The summed E-state index contributed by atoms with van der Waals surface area (Å²) < 4.78 is 10.6. The van der Waals surface area contributed by atoms with Crippen LogP contribution in [0.4, 0.5) is 5.82 Å². The average Bonchev–Trinajstić information content (AvgIpc) is 2.88. The maximum Gasteiger partial charge on any atom is 0.328 e. The fourth-order valence-corrected chi connectivity index (χ4v) is 3.03. The lowest BCUT2D eigenvalue weighted by molar-refractivity contribution is -0.758. The fourth-order valence-electron chi connectivity index (χ4n) is 3.03. The Morgan fingerprint density at radius 2 is 1.49 bits per heavy atom. The van der Waals surface area contributed by atoms with E-state index in [1.165, 1.54) is 0 Å². The van der Waals surface area contributed by atoms with Crippen LogP contribution in [0.2, 0.25) is 0 Å². The number of methoxy groups -OCH3 is 2. The Morgan fingerprint density at radius 3 is 1.97 bits per heavy atom. The third kappa shape index (κ3) is 13.8. The smallest absolute Gasteiger partial charge is 0.328 e. The number of benzene rings is 1.